The molecule has 2 heteroatoms. The molecule has 0 aromatic heterocycles. The third-order valence-corrected chi connectivity index (χ3v) is 5.59. The molecule has 1 aliphatic heterocycles. The molecule has 1 heterocycles. The fourth-order valence-electron chi connectivity index (χ4n) is 3.73. The van der Waals surface area contributed by atoms with Gasteiger partial charge in [-0.25, -0.2) is 0 Å². The summed E-state index contributed by atoms with van der Waals surface area (Å²) in [5.41, 5.74) is 6.21. The van der Waals surface area contributed by atoms with E-state index < -0.39 is 0 Å². The molecule has 2 aliphatic rings. The van der Waals surface area contributed by atoms with Crippen molar-refractivity contribution in [1.29, 1.82) is 0 Å². The minimum Gasteiger partial charge on any atom is -0.335 e. The fraction of sp³-hybridized carbons (Fsp3) is 0.474. The zero-order valence-corrected chi connectivity index (χ0v) is 14.6. The lowest BCUT2D eigenvalue weighted by Gasteiger charge is -2.32. The van der Waals surface area contributed by atoms with Gasteiger partial charge in [-0.15, -0.1) is 0 Å². The number of benzene rings is 1. The van der Waals surface area contributed by atoms with Crippen LogP contribution in [0.4, 0.5) is 5.69 Å². The van der Waals surface area contributed by atoms with Crippen molar-refractivity contribution in [1.82, 2.24) is 0 Å². The van der Waals surface area contributed by atoms with Crippen LogP contribution in [0.2, 0.25) is 0 Å². The summed E-state index contributed by atoms with van der Waals surface area (Å²) in [6.45, 7) is 12.6. The Hall–Kier alpha value is -1.15. The summed E-state index contributed by atoms with van der Waals surface area (Å²) in [6, 6.07) is 6.66. The summed E-state index contributed by atoms with van der Waals surface area (Å²) in [6.07, 6.45) is 4.82. The lowest BCUT2D eigenvalue weighted by molar-refractivity contribution is 0.351. The average molecular weight is 299 g/mol. The SMILES string of the molecule is CCN1C(=C2C=C(C)CC(C)(C)C2)Sc2cccc(C)c21. The second-order valence-electron chi connectivity index (χ2n) is 7.11. The number of anilines is 1. The summed E-state index contributed by atoms with van der Waals surface area (Å²) in [4.78, 5) is 3.92. The highest BCUT2D eigenvalue weighted by molar-refractivity contribution is 8.03. The summed E-state index contributed by atoms with van der Waals surface area (Å²) in [5.74, 6) is 0. The molecule has 112 valence electrons. The number of hydrogen-bond donors (Lipinski definition) is 0. The highest BCUT2D eigenvalue weighted by Crippen LogP contribution is 2.51. The first kappa shape index (κ1) is 14.8. The maximum atomic E-state index is 2.51. The van der Waals surface area contributed by atoms with Gasteiger partial charge >= 0.3 is 0 Å². The van der Waals surface area contributed by atoms with Crippen LogP contribution in [0.1, 0.15) is 46.1 Å². The Morgan fingerprint density at radius 3 is 2.62 bits per heavy atom. The first-order chi connectivity index (χ1) is 9.91. The van der Waals surface area contributed by atoms with Gasteiger partial charge < -0.3 is 4.90 Å². The predicted octanol–water partition coefficient (Wildman–Crippen LogP) is 5.90. The van der Waals surface area contributed by atoms with E-state index in [-0.39, 0.29) is 0 Å². The summed E-state index contributed by atoms with van der Waals surface area (Å²) >= 11 is 1.95. The van der Waals surface area contributed by atoms with E-state index in [1.54, 1.807) is 0 Å². The van der Waals surface area contributed by atoms with Crippen molar-refractivity contribution in [2.24, 2.45) is 5.41 Å². The molecule has 0 saturated carbocycles. The number of para-hydroxylation sites is 1. The summed E-state index contributed by atoms with van der Waals surface area (Å²) in [7, 11) is 0. The number of thioether (sulfide) groups is 1. The normalized spacial score (nSPS) is 24.0. The Labute approximate surface area is 133 Å². The van der Waals surface area contributed by atoms with E-state index in [4.69, 9.17) is 0 Å². The van der Waals surface area contributed by atoms with Crippen molar-refractivity contribution in [3.05, 3.63) is 46.0 Å². The number of allylic oxidation sites excluding steroid dienone is 3. The van der Waals surface area contributed by atoms with Gasteiger partial charge in [0, 0.05) is 11.4 Å². The van der Waals surface area contributed by atoms with Crippen LogP contribution in [0, 0.1) is 12.3 Å². The summed E-state index contributed by atoms with van der Waals surface area (Å²) < 4.78 is 0. The molecule has 3 rings (SSSR count). The molecule has 1 aromatic rings. The molecule has 0 unspecified atom stereocenters. The molecule has 0 N–H and O–H groups in total. The van der Waals surface area contributed by atoms with Crippen molar-refractivity contribution in [2.75, 3.05) is 11.4 Å². The van der Waals surface area contributed by atoms with E-state index in [1.165, 1.54) is 45.2 Å². The highest BCUT2D eigenvalue weighted by Gasteiger charge is 2.31. The number of nitrogens with zero attached hydrogens (tertiary/aromatic N) is 1. The van der Waals surface area contributed by atoms with Crippen molar-refractivity contribution in [2.45, 2.75) is 52.4 Å². The fourth-order valence-corrected chi connectivity index (χ4v) is 5.05. The van der Waals surface area contributed by atoms with Gasteiger partial charge in [-0.2, -0.15) is 0 Å². The molecule has 0 fully saturated rings. The second kappa shape index (κ2) is 5.24. The van der Waals surface area contributed by atoms with Crippen LogP contribution in [0.3, 0.4) is 0 Å². The maximum absolute atomic E-state index is 2.51. The van der Waals surface area contributed by atoms with Crippen LogP contribution < -0.4 is 4.90 Å². The van der Waals surface area contributed by atoms with Crippen molar-refractivity contribution >= 4 is 17.4 Å². The Morgan fingerprint density at radius 2 is 1.95 bits per heavy atom. The van der Waals surface area contributed by atoms with Gasteiger partial charge in [0.05, 0.1) is 10.7 Å². The molecular weight excluding hydrogens is 274 g/mol. The van der Waals surface area contributed by atoms with Crippen LogP contribution in [0.25, 0.3) is 0 Å². The van der Waals surface area contributed by atoms with Crippen molar-refractivity contribution in [3.8, 4) is 0 Å². The van der Waals surface area contributed by atoms with E-state index >= 15 is 0 Å². The zero-order valence-electron chi connectivity index (χ0n) is 13.8. The predicted molar refractivity (Wildman–Crippen MR) is 93.9 cm³/mol. The van der Waals surface area contributed by atoms with Crippen LogP contribution in [-0.4, -0.2) is 6.54 Å². The van der Waals surface area contributed by atoms with Crippen LogP contribution in [0.5, 0.6) is 0 Å². The number of aryl methyl sites for hydroxylation is 1. The largest absolute Gasteiger partial charge is 0.335 e. The van der Waals surface area contributed by atoms with E-state index in [0.717, 1.165) is 6.54 Å². The molecule has 0 spiro atoms. The standard InChI is InChI=1S/C19H25NS/c1-6-20-17-14(3)8-7-9-16(17)21-18(20)15-10-13(2)11-19(4,5)12-15/h7-10H,6,11-12H2,1-5H3. The molecule has 0 amide bonds. The van der Waals surface area contributed by atoms with Crippen LogP contribution in [0.15, 0.2) is 45.3 Å². The Kier molecular flexibility index (Phi) is 3.69. The molecule has 21 heavy (non-hydrogen) atoms. The maximum Gasteiger partial charge on any atom is 0.0834 e. The lowest BCUT2D eigenvalue weighted by atomic mass is 9.76. The Morgan fingerprint density at radius 1 is 1.19 bits per heavy atom. The molecule has 0 saturated heterocycles. The number of fused-ring (bicyclic) bond motifs is 1. The van der Waals surface area contributed by atoms with Crippen molar-refractivity contribution < 1.29 is 0 Å². The van der Waals surface area contributed by atoms with E-state index in [1.807, 2.05) is 11.8 Å². The first-order valence-corrected chi connectivity index (χ1v) is 8.68. The van der Waals surface area contributed by atoms with Crippen LogP contribution in [-0.2, 0) is 0 Å². The van der Waals surface area contributed by atoms with E-state index in [9.17, 15) is 0 Å². The van der Waals surface area contributed by atoms with E-state index in [0.29, 0.717) is 5.41 Å². The number of hydrogen-bond acceptors (Lipinski definition) is 2. The van der Waals surface area contributed by atoms with Gasteiger partial charge in [-0.1, -0.05) is 49.4 Å². The van der Waals surface area contributed by atoms with Crippen molar-refractivity contribution in [3.63, 3.8) is 0 Å². The average Bonchev–Trinajstić information content (AvgIpc) is 2.76. The Bertz CT molecular complexity index is 637. The molecule has 0 radical (unpaired) electrons. The first-order valence-electron chi connectivity index (χ1n) is 7.86. The molecular formula is C19H25NS. The quantitative estimate of drug-likeness (QED) is 0.634. The van der Waals surface area contributed by atoms with Gasteiger partial charge in [0.2, 0.25) is 0 Å². The lowest BCUT2D eigenvalue weighted by Crippen LogP contribution is -2.22. The highest BCUT2D eigenvalue weighted by atomic mass is 32.2. The third-order valence-electron chi connectivity index (χ3n) is 4.36. The van der Waals surface area contributed by atoms with Crippen LogP contribution >= 0.6 is 11.8 Å². The molecule has 0 bridgehead atoms. The van der Waals surface area contributed by atoms with Gasteiger partial charge in [0.15, 0.2) is 0 Å². The topological polar surface area (TPSA) is 3.24 Å². The molecule has 1 aliphatic carbocycles. The number of rotatable bonds is 1. The minimum absolute atomic E-state index is 0.380. The van der Waals surface area contributed by atoms with Gasteiger partial charge in [0.25, 0.3) is 0 Å². The molecule has 0 atom stereocenters. The minimum atomic E-state index is 0.380. The van der Waals surface area contributed by atoms with E-state index in [2.05, 4.69) is 63.8 Å². The van der Waals surface area contributed by atoms with Gasteiger partial charge in [-0.3, -0.25) is 0 Å². The smallest absolute Gasteiger partial charge is 0.0834 e. The molecule has 1 aromatic carbocycles. The zero-order chi connectivity index (χ0) is 15.2. The summed E-state index contributed by atoms with van der Waals surface area (Å²) in [5, 5.41) is 1.45. The second-order valence-corrected chi connectivity index (χ2v) is 8.14. The molecule has 1 nitrogen and oxygen atoms in total. The van der Waals surface area contributed by atoms with Gasteiger partial charge in [0.1, 0.15) is 0 Å². The van der Waals surface area contributed by atoms with Gasteiger partial charge in [-0.05, 0) is 56.2 Å². The monoisotopic (exact) mass is 299 g/mol. The third kappa shape index (κ3) is 2.66. The Balaban J connectivity index is 2.10.